The van der Waals surface area contributed by atoms with Crippen molar-refractivity contribution in [1.29, 1.82) is 0 Å². The van der Waals surface area contributed by atoms with Gasteiger partial charge in [0.05, 0.1) is 27.4 Å². The van der Waals surface area contributed by atoms with Gasteiger partial charge in [0.1, 0.15) is 5.82 Å². The van der Waals surface area contributed by atoms with Crippen molar-refractivity contribution in [3.63, 3.8) is 0 Å². The van der Waals surface area contributed by atoms with Gasteiger partial charge in [-0.25, -0.2) is 9.97 Å². The van der Waals surface area contributed by atoms with Gasteiger partial charge >= 0.3 is 0 Å². The number of pyridine rings is 1. The van der Waals surface area contributed by atoms with E-state index in [0.717, 1.165) is 43.5 Å². The SMILES string of the molecule is c1ccc2nc(Nc3nc(Nc4ccc5[nH]ncc5c4)c4sccc4n3)ccc2c1. The summed E-state index contributed by atoms with van der Waals surface area (Å²) in [7, 11) is 0. The monoisotopic (exact) mass is 409 g/mol. The van der Waals surface area contributed by atoms with E-state index in [2.05, 4.69) is 30.8 Å². The topological polar surface area (TPSA) is 91.4 Å². The Balaban J connectivity index is 1.38. The molecule has 144 valence electrons. The lowest BCUT2D eigenvalue weighted by molar-refractivity contribution is 1.12. The number of benzene rings is 2. The van der Waals surface area contributed by atoms with Crippen LogP contribution >= 0.6 is 11.3 Å². The number of thiophene rings is 1. The normalized spacial score (nSPS) is 11.3. The largest absolute Gasteiger partial charge is 0.339 e. The third kappa shape index (κ3) is 2.99. The molecule has 0 aliphatic rings. The maximum Gasteiger partial charge on any atom is 0.231 e. The van der Waals surface area contributed by atoms with Crippen LogP contribution in [0.4, 0.5) is 23.3 Å². The molecule has 4 aromatic heterocycles. The number of nitrogens with zero attached hydrogens (tertiary/aromatic N) is 4. The molecule has 0 aliphatic carbocycles. The number of nitrogens with one attached hydrogen (secondary N) is 3. The number of anilines is 4. The molecular weight excluding hydrogens is 394 g/mol. The van der Waals surface area contributed by atoms with Crippen LogP contribution in [-0.4, -0.2) is 25.1 Å². The maximum absolute atomic E-state index is 4.73. The molecule has 0 spiro atoms. The van der Waals surface area contributed by atoms with Crippen LogP contribution in [-0.2, 0) is 0 Å². The minimum atomic E-state index is 0.496. The first-order chi connectivity index (χ1) is 14.8. The van der Waals surface area contributed by atoms with E-state index in [9.17, 15) is 0 Å². The summed E-state index contributed by atoms with van der Waals surface area (Å²) in [5, 5.41) is 17.9. The molecule has 3 N–H and O–H groups in total. The summed E-state index contributed by atoms with van der Waals surface area (Å²) in [6.45, 7) is 0. The molecule has 30 heavy (non-hydrogen) atoms. The van der Waals surface area contributed by atoms with Crippen LogP contribution in [0.15, 0.2) is 72.2 Å². The summed E-state index contributed by atoms with van der Waals surface area (Å²) in [5.41, 5.74) is 3.73. The second kappa shape index (κ2) is 6.78. The molecule has 6 rings (SSSR count). The summed E-state index contributed by atoms with van der Waals surface area (Å²) in [5.74, 6) is 1.95. The molecular formula is C22H15N7S. The smallest absolute Gasteiger partial charge is 0.231 e. The average molecular weight is 409 g/mol. The molecule has 0 aliphatic heterocycles. The summed E-state index contributed by atoms with van der Waals surface area (Å²) in [4.78, 5) is 14.0. The van der Waals surface area contributed by atoms with Crippen molar-refractivity contribution >= 4 is 66.6 Å². The van der Waals surface area contributed by atoms with Gasteiger partial charge in [0.25, 0.3) is 0 Å². The Morgan fingerprint density at radius 1 is 0.800 bits per heavy atom. The number of hydrogen-bond donors (Lipinski definition) is 3. The van der Waals surface area contributed by atoms with Crippen molar-refractivity contribution < 1.29 is 0 Å². The predicted octanol–water partition coefficient (Wildman–Crippen LogP) is 5.60. The summed E-state index contributed by atoms with van der Waals surface area (Å²) < 4.78 is 0.999. The first-order valence-electron chi connectivity index (χ1n) is 9.40. The summed E-state index contributed by atoms with van der Waals surface area (Å²) >= 11 is 1.61. The van der Waals surface area contributed by atoms with Gasteiger partial charge in [0.15, 0.2) is 5.82 Å². The van der Waals surface area contributed by atoms with E-state index in [1.807, 2.05) is 66.0 Å². The van der Waals surface area contributed by atoms with Gasteiger partial charge in [-0.05, 0) is 47.8 Å². The minimum Gasteiger partial charge on any atom is -0.339 e. The van der Waals surface area contributed by atoms with Gasteiger partial charge in [0.2, 0.25) is 5.95 Å². The molecule has 0 unspecified atom stereocenters. The van der Waals surface area contributed by atoms with E-state index in [0.29, 0.717) is 11.8 Å². The predicted molar refractivity (Wildman–Crippen MR) is 122 cm³/mol. The van der Waals surface area contributed by atoms with E-state index in [4.69, 9.17) is 4.98 Å². The van der Waals surface area contributed by atoms with E-state index in [1.165, 1.54) is 0 Å². The van der Waals surface area contributed by atoms with E-state index < -0.39 is 0 Å². The van der Waals surface area contributed by atoms with Crippen molar-refractivity contribution in [2.75, 3.05) is 10.6 Å². The van der Waals surface area contributed by atoms with Crippen molar-refractivity contribution in [3.8, 4) is 0 Å². The third-order valence-corrected chi connectivity index (χ3v) is 5.76. The van der Waals surface area contributed by atoms with Crippen LogP contribution in [0.5, 0.6) is 0 Å². The summed E-state index contributed by atoms with van der Waals surface area (Å²) in [6, 6.07) is 20.0. The van der Waals surface area contributed by atoms with Gasteiger partial charge in [-0.3, -0.25) is 5.10 Å². The van der Waals surface area contributed by atoms with Crippen LogP contribution in [0.1, 0.15) is 0 Å². The van der Waals surface area contributed by atoms with Crippen LogP contribution in [0.2, 0.25) is 0 Å². The van der Waals surface area contributed by atoms with Gasteiger partial charge in [-0.2, -0.15) is 10.1 Å². The molecule has 0 amide bonds. The number of para-hydroxylation sites is 1. The number of fused-ring (bicyclic) bond motifs is 3. The van der Waals surface area contributed by atoms with Crippen molar-refractivity contribution in [1.82, 2.24) is 25.1 Å². The Bertz CT molecular complexity index is 1520. The highest BCUT2D eigenvalue weighted by Crippen LogP contribution is 2.31. The molecule has 0 atom stereocenters. The Morgan fingerprint density at radius 3 is 2.77 bits per heavy atom. The number of aromatic amines is 1. The van der Waals surface area contributed by atoms with Crippen molar-refractivity contribution in [3.05, 3.63) is 72.2 Å². The molecule has 0 fully saturated rings. The van der Waals surface area contributed by atoms with Crippen LogP contribution in [0, 0.1) is 0 Å². The second-order valence-corrected chi connectivity index (χ2v) is 7.76. The number of H-pyrrole nitrogens is 1. The van der Waals surface area contributed by atoms with Gasteiger partial charge in [-0.15, -0.1) is 11.3 Å². The zero-order chi connectivity index (χ0) is 19.9. The van der Waals surface area contributed by atoms with Gasteiger partial charge < -0.3 is 10.6 Å². The lowest BCUT2D eigenvalue weighted by Crippen LogP contribution is -2.02. The molecule has 8 heteroatoms. The van der Waals surface area contributed by atoms with Crippen molar-refractivity contribution in [2.45, 2.75) is 0 Å². The van der Waals surface area contributed by atoms with Crippen LogP contribution in [0.25, 0.3) is 32.0 Å². The van der Waals surface area contributed by atoms with Crippen molar-refractivity contribution in [2.24, 2.45) is 0 Å². The molecule has 0 saturated carbocycles. The second-order valence-electron chi connectivity index (χ2n) is 6.84. The third-order valence-electron chi connectivity index (χ3n) is 4.84. The number of aromatic nitrogens is 5. The molecule has 4 heterocycles. The van der Waals surface area contributed by atoms with E-state index in [1.54, 1.807) is 17.5 Å². The lowest BCUT2D eigenvalue weighted by Gasteiger charge is -2.10. The van der Waals surface area contributed by atoms with Crippen LogP contribution in [0.3, 0.4) is 0 Å². The van der Waals surface area contributed by atoms with E-state index in [-0.39, 0.29) is 0 Å². The molecule has 7 nitrogen and oxygen atoms in total. The first-order valence-corrected chi connectivity index (χ1v) is 10.3. The average Bonchev–Trinajstić information content (AvgIpc) is 3.43. The summed E-state index contributed by atoms with van der Waals surface area (Å²) in [6.07, 6.45) is 1.81. The fourth-order valence-electron chi connectivity index (χ4n) is 3.41. The van der Waals surface area contributed by atoms with E-state index >= 15 is 0 Å². The quantitative estimate of drug-likeness (QED) is 0.351. The highest BCUT2D eigenvalue weighted by atomic mass is 32.1. The Hall–Kier alpha value is -4.04. The fourth-order valence-corrected chi connectivity index (χ4v) is 4.19. The van der Waals surface area contributed by atoms with Gasteiger partial charge in [-0.1, -0.05) is 18.2 Å². The van der Waals surface area contributed by atoms with Crippen LogP contribution < -0.4 is 10.6 Å². The molecule has 0 saturated heterocycles. The van der Waals surface area contributed by atoms with Gasteiger partial charge in [0, 0.05) is 16.5 Å². The lowest BCUT2D eigenvalue weighted by atomic mass is 10.2. The minimum absolute atomic E-state index is 0.496. The highest BCUT2D eigenvalue weighted by Gasteiger charge is 2.11. The highest BCUT2D eigenvalue weighted by molar-refractivity contribution is 7.17. The Labute approximate surface area is 174 Å². The number of hydrogen-bond acceptors (Lipinski definition) is 7. The molecule has 0 radical (unpaired) electrons. The fraction of sp³-hybridized carbons (Fsp3) is 0. The standard InChI is InChI=1S/C22H15N7S/c1-2-4-16-13(3-1)5-8-19(25-16)27-22-26-18-9-10-30-20(18)21(28-22)24-15-6-7-17-14(11-15)12-23-29-17/h1-12H,(H,23,29)(H2,24,25,26,27,28). The molecule has 6 aromatic rings. The molecule has 0 bridgehead atoms. The first kappa shape index (κ1) is 16.9. The number of rotatable bonds is 4. The Kier molecular flexibility index (Phi) is 3.82. The zero-order valence-electron chi connectivity index (χ0n) is 15.6. The Morgan fingerprint density at radius 2 is 1.77 bits per heavy atom. The molecule has 2 aromatic carbocycles. The zero-order valence-corrected chi connectivity index (χ0v) is 16.4. The maximum atomic E-state index is 4.73.